The summed E-state index contributed by atoms with van der Waals surface area (Å²) in [6.07, 6.45) is 2.77. The Bertz CT molecular complexity index is 817. The van der Waals surface area contributed by atoms with Crippen molar-refractivity contribution in [1.82, 2.24) is 15.2 Å². The number of nitrogens with zero attached hydrogens (tertiary/aromatic N) is 5. The lowest BCUT2D eigenvalue weighted by Crippen LogP contribution is -2.22. The first-order valence-corrected chi connectivity index (χ1v) is 8.24. The van der Waals surface area contributed by atoms with Crippen molar-refractivity contribution in [3.05, 3.63) is 66.4 Å². The van der Waals surface area contributed by atoms with Crippen molar-refractivity contribution in [2.75, 3.05) is 22.9 Å². The minimum atomic E-state index is 0.630. The van der Waals surface area contributed by atoms with Gasteiger partial charge in [-0.1, -0.05) is 36.4 Å². The number of rotatable bonds is 4. The first-order chi connectivity index (χ1) is 11.9. The molecule has 0 N–H and O–H groups in total. The molecule has 0 saturated heterocycles. The van der Waals surface area contributed by atoms with Crippen molar-refractivity contribution in [3.8, 4) is 0 Å². The van der Waals surface area contributed by atoms with Crippen molar-refractivity contribution < 1.29 is 0 Å². The van der Waals surface area contributed by atoms with E-state index in [1.165, 1.54) is 11.3 Å². The van der Waals surface area contributed by atoms with E-state index in [1.807, 2.05) is 18.2 Å². The Kier molecular flexibility index (Phi) is 3.83. The molecule has 1 aliphatic heterocycles. The molecule has 24 heavy (non-hydrogen) atoms. The Morgan fingerprint density at radius 2 is 1.83 bits per heavy atom. The maximum absolute atomic E-state index is 4.78. The predicted molar refractivity (Wildman–Crippen MR) is 96.1 cm³/mol. The number of aromatic nitrogens is 3. The fraction of sp³-hybridized carbons (Fsp3) is 0.211. The van der Waals surface area contributed by atoms with Gasteiger partial charge in [-0.2, -0.15) is 10.1 Å². The zero-order chi connectivity index (χ0) is 16.4. The van der Waals surface area contributed by atoms with E-state index < -0.39 is 0 Å². The second-order valence-corrected chi connectivity index (χ2v) is 5.72. The number of anilines is 4. The van der Waals surface area contributed by atoms with Crippen LogP contribution in [-0.4, -0.2) is 28.3 Å². The van der Waals surface area contributed by atoms with Crippen LogP contribution >= 0.6 is 0 Å². The number of fused-ring (bicyclic) bond motifs is 1. The maximum atomic E-state index is 4.78. The third-order valence-electron chi connectivity index (χ3n) is 4.32. The Balaban J connectivity index is 1.70. The molecule has 0 unspecified atom stereocenters. The van der Waals surface area contributed by atoms with Crippen LogP contribution in [0.2, 0.25) is 0 Å². The first-order valence-electron chi connectivity index (χ1n) is 8.24. The van der Waals surface area contributed by atoms with Crippen LogP contribution < -0.4 is 9.80 Å². The van der Waals surface area contributed by atoms with Gasteiger partial charge in [0.1, 0.15) is 0 Å². The smallest absolute Gasteiger partial charge is 0.251 e. The van der Waals surface area contributed by atoms with Gasteiger partial charge < -0.3 is 9.80 Å². The Labute approximate surface area is 141 Å². The summed E-state index contributed by atoms with van der Waals surface area (Å²) in [6.45, 7) is 3.80. The number of benzene rings is 2. The zero-order valence-corrected chi connectivity index (χ0v) is 13.6. The summed E-state index contributed by atoms with van der Waals surface area (Å²) in [5, 5.41) is 8.45. The molecule has 1 aromatic heterocycles. The second kappa shape index (κ2) is 6.28. The normalized spacial score (nSPS) is 13.0. The van der Waals surface area contributed by atoms with Gasteiger partial charge in [0.15, 0.2) is 5.82 Å². The minimum absolute atomic E-state index is 0.630. The van der Waals surface area contributed by atoms with E-state index in [4.69, 9.17) is 4.98 Å². The molecular weight excluding hydrogens is 298 g/mol. The monoisotopic (exact) mass is 317 g/mol. The van der Waals surface area contributed by atoms with Gasteiger partial charge in [0.05, 0.1) is 6.20 Å². The highest BCUT2D eigenvalue weighted by Crippen LogP contribution is 2.33. The molecule has 0 bridgehead atoms. The Morgan fingerprint density at radius 1 is 1.04 bits per heavy atom. The fourth-order valence-corrected chi connectivity index (χ4v) is 3.15. The molecular formula is C19H19N5. The molecule has 5 nitrogen and oxygen atoms in total. The highest BCUT2D eigenvalue weighted by molar-refractivity contribution is 5.68. The largest absolute Gasteiger partial charge is 0.324 e. The molecule has 1 aliphatic rings. The molecule has 0 aliphatic carbocycles. The summed E-state index contributed by atoms with van der Waals surface area (Å²) in [5.74, 6) is 1.48. The lowest BCUT2D eigenvalue weighted by atomic mass is 10.2. The SMILES string of the molecule is CCN(c1ccccc1)c1nncc(N2CCc3ccccc32)n1. The average Bonchev–Trinajstić information content (AvgIpc) is 3.08. The van der Waals surface area contributed by atoms with Crippen molar-refractivity contribution in [2.24, 2.45) is 0 Å². The molecule has 2 aromatic carbocycles. The van der Waals surface area contributed by atoms with Gasteiger partial charge >= 0.3 is 0 Å². The number of para-hydroxylation sites is 2. The lowest BCUT2D eigenvalue weighted by molar-refractivity contribution is 0.864. The molecule has 0 spiro atoms. The van der Waals surface area contributed by atoms with Crippen molar-refractivity contribution in [3.63, 3.8) is 0 Å². The van der Waals surface area contributed by atoms with Crippen LogP contribution in [0.25, 0.3) is 0 Å². The van der Waals surface area contributed by atoms with E-state index in [1.54, 1.807) is 6.20 Å². The van der Waals surface area contributed by atoms with Crippen LogP contribution in [0.1, 0.15) is 12.5 Å². The van der Waals surface area contributed by atoms with Crippen LogP contribution in [0.3, 0.4) is 0 Å². The predicted octanol–water partition coefficient (Wildman–Crippen LogP) is 3.72. The standard InChI is InChI=1S/C19H19N5/c1-2-23(16-9-4-3-5-10-16)19-21-18(14-20-22-19)24-13-12-15-8-6-7-11-17(15)24/h3-11,14H,2,12-13H2,1H3. The summed E-state index contributed by atoms with van der Waals surface area (Å²) < 4.78 is 0. The molecule has 120 valence electrons. The number of hydrogen-bond donors (Lipinski definition) is 0. The van der Waals surface area contributed by atoms with Crippen LogP contribution in [0, 0.1) is 0 Å². The molecule has 0 amide bonds. The van der Waals surface area contributed by atoms with Gasteiger partial charge in [0, 0.05) is 24.5 Å². The minimum Gasteiger partial charge on any atom is -0.324 e. The third kappa shape index (κ3) is 2.58. The fourth-order valence-electron chi connectivity index (χ4n) is 3.15. The summed E-state index contributed by atoms with van der Waals surface area (Å²) in [7, 11) is 0. The first kappa shape index (κ1) is 14.6. The number of hydrogen-bond acceptors (Lipinski definition) is 5. The quantitative estimate of drug-likeness (QED) is 0.734. The van der Waals surface area contributed by atoms with Crippen LogP contribution in [0.15, 0.2) is 60.8 Å². The molecule has 0 atom stereocenters. The van der Waals surface area contributed by atoms with E-state index in [-0.39, 0.29) is 0 Å². The van der Waals surface area contributed by atoms with Gasteiger partial charge in [-0.25, -0.2) is 0 Å². The highest BCUT2D eigenvalue weighted by atomic mass is 15.4. The van der Waals surface area contributed by atoms with E-state index in [9.17, 15) is 0 Å². The molecule has 0 radical (unpaired) electrons. The van der Waals surface area contributed by atoms with E-state index >= 15 is 0 Å². The summed E-state index contributed by atoms with van der Waals surface area (Å²) in [5.41, 5.74) is 3.64. The topological polar surface area (TPSA) is 45.2 Å². The van der Waals surface area contributed by atoms with E-state index in [0.29, 0.717) is 5.95 Å². The molecule has 0 fully saturated rings. The van der Waals surface area contributed by atoms with Crippen LogP contribution in [0.4, 0.5) is 23.1 Å². The van der Waals surface area contributed by atoms with Crippen molar-refractivity contribution >= 4 is 23.1 Å². The van der Waals surface area contributed by atoms with E-state index in [2.05, 4.69) is 63.3 Å². The highest BCUT2D eigenvalue weighted by Gasteiger charge is 2.22. The summed E-state index contributed by atoms with van der Waals surface area (Å²) >= 11 is 0. The summed E-state index contributed by atoms with van der Waals surface area (Å²) in [6, 6.07) is 18.6. The van der Waals surface area contributed by atoms with Gasteiger partial charge in [-0.3, -0.25) is 0 Å². The third-order valence-corrected chi connectivity index (χ3v) is 4.32. The lowest BCUT2D eigenvalue weighted by Gasteiger charge is -2.23. The Hall–Kier alpha value is -2.95. The van der Waals surface area contributed by atoms with E-state index in [0.717, 1.165) is 31.0 Å². The molecule has 3 aromatic rings. The van der Waals surface area contributed by atoms with Crippen molar-refractivity contribution in [1.29, 1.82) is 0 Å². The van der Waals surface area contributed by atoms with Crippen LogP contribution in [0.5, 0.6) is 0 Å². The van der Waals surface area contributed by atoms with Gasteiger partial charge in [-0.05, 0) is 37.1 Å². The van der Waals surface area contributed by atoms with Gasteiger partial charge in [-0.15, -0.1) is 5.10 Å². The molecule has 5 heteroatoms. The average molecular weight is 317 g/mol. The van der Waals surface area contributed by atoms with Crippen molar-refractivity contribution in [2.45, 2.75) is 13.3 Å². The van der Waals surface area contributed by atoms with Crippen LogP contribution in [-0.2, 0) is 6.42 Å². The molecule has 2 heterocycles. The zero-order valence-electron chi connectivity index (χ0n) is 13.6. The molecule has 4 rings (SSSR count). The summed E-state index contributed by atoms with van der Waals surface area (Å²) in [4.78, 5) is 9.06. The molecule has 0 saturated carbocycles. The second-order valence-electron chi connectivity index (χ2n) is 5.72. The Morgan fingerprint density at radius 3 is 2.67 bits per heavy atom. The van der Waals surface area contributed by atoms with Gasteiger partial charge in [0.2, 0.25) is 0 Å². The maximum Gasteiger partial charge on any atom is 0.251 e. The van der Waals surface area contributed by atoms with Gasteiger partial charge in [0.25, 0.3) is 5.95 Å².